The summed E-state index contributed by atoms with van der Waals surface area (Å²) >= 11 is 0. The maximum Gasteiger partial charge on any atom is 0.0707 e. The van der Waals surface area contributed by atoms with Crippen LogP contribution < -0.4 is 0 Å². The third-order valence-corrected chi connectivity index (χ3v) is 1.69. The van der Waals surface area contributed by atoms with Crippen LogP contribution >= 0.6 is 0 Å². The number of hydrogen-bond acceptors (Lipinski definition) is 3. The molecule has 1 N–H and O–H groups in total. The van der Waals surface area contributed by atoms with E-state index in [1.54, 1.807) is 6.92 Å². The Morgan fingerprint density at radius 3 is 2.14 bits per heavy atom. The molecule has 0 radical (unpaired) electrons. The van der Waals surface area contributed by atoms with Gasteiger partial charge in [-0.2, -0.15) is 0 Å². The normalized spacial score (nSPS) is 16.7. The Morgan fingerprint density at radius 2 is 1.71 bits per heavy atom. The molecule has 0 fully saturated rings. The van der Waals surface area contributed by atoms with Gasteiger partial charge >= 0.3 is 0 Å². The minimum absolute atomic E-state index is 0.0959. The van der Waals surface area contributed by atoms with E-state index in [9.17, 15) is 0 Å². The summed E-state index contributed by atoms with van der Waals surface area (Å²) in [6.07, 6.45) is 0.474. The molecule has 14 heavy (non-hydrogen) atoms. The largest absolute Gasteiger partial charge is 0.393 e. The fourth-order valence-electron chi connectivity index (χ4n) is 1.15. The molecule has 0 amide bonds. The molecule has 2 atom stereocenters. The van der Waals surface area contributed by atoms with E-state index in [1.807, 2.05) is 27.7 Å². The van der Waals surface area contributed by atoms with Gasteiger partial charge in [0.25, 0.3) is 0 Å². The maximum absolute atomic E-state index is 9.10. The Morgan fingerprint density at radius 1 is 1.14 bits per heavy atom. The molecule has 0 aromatic heterocycles. The molecule has 0 saturated heterocycles. The van der Waals surface area contributed by atoms with E-state index in [2.05, 4.69) is 0 Å². The van der Waals surface area contributed by atoms with Crippen molar-refractivity contribution < 1.29 is 14.6 Å². The van der Waals surface area contributed by atoms with Crippen LogP contribution in [-0.2, 0) is 9.47 Å². The molecule has 0 heterocycles. The van der Waals surface area contributed by atoms with Gasteiger partial charge in [0.05, 0.1) is 31.0 Å². The van der Waals surface area contributed by atoms with Crippen molar-refractivity contribution in [2.24, 2.45) is 0 Å². The van der Waals surface area contributed by atoms with E-state index >= 15 is 0 Å². The molecule has 86 valence electrons. The fraction of sp³-hybridized carbons (Fsp3) is 1.00. The summed E-state index contributed by atoms with van der Waals surface area (Å²) in [6, 6.07) is 0. The first kappa shape index (κ1) is 13.9. The van der Waals surface area contributed by atoms with Crippen molar-refractivity contribution in [3.05, 3.63) is 0 Å². The van der Waals surface area contributed by atoms with Crippen molar-refractivity contribution in [1.82, 2.24) is 0 Å². The Balaban J connectivity index is 3.36. The van der Waals surface area contributed by atoms with E-state index in [1.165, 1.54) is 0 Å². The second-order valence-electron chi connectivity index (χ2n) is 4.73. The van der Waals surface area contributed by atoms with Crippen LogP contribution in [-0.4, -0.2) is 36.1 Å². The van der Waals surface area contributed by atoms with Crippen LogP contribution in [0.2, 0.25) is 0 Å². The first-order valence-corrected chi connectivity index (χ1v) is 5.25. The van der Waals surface area contributed by atoms with E-state index < -0.39 is 0 Å². The molecule has 0 aliphatic rings. The third-order valence-electron chi connectivity index (χ3n) is 1.69. The molecule has 0 aliphatic heterocycles. The van der Waals surface area contributed by atoms with Gasteiger partial charge in [0.15, 0.2) is 0 Å². The average molecular weight is 204 g/mol. The second-order valence-corrected chi connectivity index (χ2v) is 4.73. The van der Waals surface area contributed by atoms with Gasteiger partial charge in [-0.25, -0.2) is 0 Å². The van der Waals surface area contributed by atoms with Gasteiger partial charge in [0, 0.05) is 0 Å². The average Bonchev–Trinajstić information content (AvgIpc) is 1.95. The number of rotatable bonds is 6. The van der Waals surface area contributed by atoms with Crippen LogP contribution in [0.1, 0.15) is 41.0 Å². The topological polar surface area (TPSA) is 38.7 Å². The van der Waals surface area contributed by atoms with E-state index in [0.717, 1.165) is 0 Å². The maximum atomic E-state index is 9.10. The summed E-state index contributed by atoms with van der Waals surface area (Å²) < 4.78 is 11.0. The predicted octanol–water partition coefficient (Wildman–Crippen LogP) is 1.98. The molecular formula is C11H24O3. The zero-order chi connectivity index (χ0) is 11.2. The highest BCUT2D eigenvalue weighted by atomic mass is 16.5. The summed E-state index contributed by atoms with van der Waals surface area (Å²) in [6.45, 7) is 11.0. The zero-order valence-electron chi connectivity index (χ0n) is 10.0. The first-order chi connectivity index (χ1) is 6.31. The number of aliphatic hydroxyl groups excluding tert-OH is 1. The van der Waals surface area contributed by atoms with Crippen LogP contribution in [0.3, 0.4) is 0 Å². The van der Waals surface area contributed by atoms with Crippen molar-refractivity contribution in [2.45, 2.75) is 58.8 Å². The van der Waals surface area contributed by atoms with Crippen LogP contribution in [0.25, 0.3) is 0 Å². The highest BCUT2D eigenvalue weighted by Gasteiger charge is 2.10. The van der Waals surface area contributed by atoms with Crippen molar-refractivity contribution in [2.75, 3.05) is 13.2 Å². The quantitative estimate of drug-likeness (QED) is 0.672. The molecule has 0 bridgehead atoms. The molecule has 2 unspecified atom stereocenters. The molecule has 0 spiro atoms. The summed E-state index contributed by atoms with van der Waals surface area (Å²) in [5.41, 5.74) is -0.100. The van der Waals surface area contributed by atoms with Gasteiger partial charge in [-0.1, -0.05) is 0 Å². The van der Waals surface area contributed by atoms with E-state index in [0.29, 0.717) is 19.6 Å². The van der Waals surface area contributed by atoms with Crippen molar-refractivity contribution in [3.63, 3.8) is 0 Å². The third kappa shape index (κ3) is 9.96. The lowest BCUT2D eigenvalue weighted by atomic mass is 10.2. The fourth-order valence-corrected chi connectivity index (χ4v) is 1.15. The highest BCUT2D eigenvalue weighted by molar-refractivity contribution is 4.59. The minimum atomic E-state index is -0.298. The van der Waals surface area contributed by atoms with Crippen molar-refractivity contribution >= 4 is 0 Å². The Bertz CT molecular complexity index is 138. The van der Waals surface area contributed by atoms with Gasteiger partial charge in [0.1, 0.15) is 0 Å². The molecule has 3 nitrogen and oxygen atoms in total. The summed E-state index contributed by atoms with van der Waals surface area (Å²) in [7, 11) is 0. The van der Waals surface area contributed by atoms with Crippen LogP contribution in [0.5, 0.6) is 0 Å². The standard InChI is InChI=1S/C11H24O3/c1-9(12)8-10(2)13-6-7-14-11(3,4)5/h9-10,12H,6-8H2,1-5H3. The Labute approximate surface area is 87.4 Å². The Kier molecular flexibility index (Phi) is 6.33. The van der Waals surface area contributed by atoms with Gasteiger partial charge < -0.3 is 14.6 Å². The SMILES string of the molecule is CC(O)CC(C)OCCOC(C)(C)C. The lowest BCUT2D eigenvalue weighted by molar-refractivity contribution is -0.0547. The van der Waals surface area contributed by atoms with Gasteiger partial charge in [-0.3, -0.25) is 0 Å². The number of ether oxygens (including phenoxy) is 2. The molecule has 0 aromatic rings. The lowest BCUT2D eigenvalue weighted by Crippen LogP contribution is -2.24. The van der Waals surface area contributed by atoms with Gasteiger partial charge in [-0.05, 0) is 41.0 Å². The summed E-state index contributed by atoms with van der Waals surface area (Å²) in [4.78, 5) is 0. The molecular weight excluding hydrogens is 180 g/mol. The summed E-state index contributed by atoms with van der Waals surface area (Å²) in [5.74, 6) is 0. The predicted molar refractivity (Wildman–Crippen MR) is 57.4 cm³/mol. The van der Waals surface area contributed by atoms with Crippen LogP contribution in [0, 0.1) is 0 Å². The summed E-state index contributed by atoms with van der Waals surface area (Å²) in [5, 5.41) is 9.10. The van der Waals surface area contributed by atoms with Gasteiger partial charge in [-0.15, -0.1) is 0 Å². The van der Waals surface area contributed by atoms with E-state index in [-0.39, 0.29) is 17.8 Å². The number of aliphatic hydroxyl groups is 1. The van der Waals surface area contributed by atoms with Crippen molar-refractivity contribution in [3.8, 4) is 0 Å². The zero-order valence-corrected chi connectivity index (χ0v) is 10.0. The molecule has 0 rings (SSSR count). The molecule has 0 aromatic carbocycles. The van der Waals surface area contributed by atoms with E-state index in [4.69, 9.17) is 14.6 Å². The molecule has 0 saturated carbocycles. The number of hydrogen-bond donors (Lipinski definition) is 1. The second kappa shape index (κ2) is 6.38. The molecule has 0 aliphatic carbocycles. The lowest BCUT2D eigenvalue weighted by Gasteiger charge is -2.20. The van der Waals surface area contributed by atoms with Crippen LogP contribution in [0.15, 0.2) is 0 Å². The van der Waals surface area contributed by atoms with Crippen LogP contribution in [0.4, 0.5) is 0 Å². The monoisotopic (exact) mass is 204 g/mol. The smallest absolute Gasteiger partial charge is 0.0707 e. The van der Waals surface area contributed by atoms with Gasteiger partial charge in [0.2, 0.25) is 0 Å². The first-order valence-electron chi connectivity index (χ1n) is 5.25. The highest BCUT2D eigenvalue weighted by Crippen LogP contribution is 2.07. The Hall–Kier alpha value is -0.120. The minimum Gasteiger partial charge on any atom is -0.393 e. The molecule has 3 heteroatoms. The van der Waals surface area contributed by atoms with Crippen molar-refractivity contribution in [1.29, 1.82) is 0 Å².